The smallest absolute Gasteiger partial charge is 0.265 e. The second-order valence-electron chi connectivity index (χ2n) is 6.17. The van der Waals surface area contributed by atoms with Crippen molar-refractivity contribution in [1.29, 1.82) is 0 Å². The van der Waals surface area contributed by atoms with Gasteiger partial charge in [-0.3, -0.25) is 4.79 Å². The fourth-order valence-corrected chi connectivity index (χ4v) is 3.01. The molecule has 0 spiro atoms. The number of aromatic nitrogens is 4. The summed E-state index contributed by atoms with van der Waals surface area (Å²) in [6.07, 6.45) is 0. The van der Waals surface area contributed by atoms with Gasteiger partial charge in [-0.1, -0.05) is 48.5 Å². The van der Waals surface area contributed by atoms with Crippen molar-refractivity contribution in [2.75, 3.05) is 0 Å². The van der Waals surface area contributed by atoms with Crippen molar-refractivity contribution in [3.05, 3.63) is 89.9 Å². The fraction of sp³-hybridized carbons (Fsp3) is 0.0952. The summed E-state index contributed by atoms with van der Waals surface area (Å²) < 4.78 is 3.20. The first-order valence-corrected chi connectivity index (χ1v) is 8.42. The van der Waals surface area contributed by atoms with Gasteiger partial charge >= 0.3 is 0 Å². The molecule has 0 bridgehead atoms. The van der Waals surface area contributed by atoms with E-state index in [9.17, 15) is 4.79 Å². The Labute approximate surface area is 151 Å². The van der Waals surface area contributed by atoms with Gasteiger partial charge in [0.05, 0.1) is 17.1 Å². The average molecular weight is 342 g/mol. The zero-order valence-electron chi connectivity index (χ0n) is 14.6. The molecular weight excluding hydrogens is 324 g/mol. The molecule has 2 aromatic heterocycles. The molecule has 4 aromatic rings. The average Bonchev–Trinajstić information content (AvgIpc) is 3.26. The van der Waals surface area contributed by atoms with E-state index in [4.69, 9.17) is 0 Å². The van der Waals surface area contributed by atoms with Gasteiger partial charge in [0.2, 0.25) is 0 Å². The number of carbonyl (C=O) groups excluding carboxylic acids is 1. The van der Waals surface area contributed by atoms with Gasteiger partial charge in [0.1, 0.15) is 0 Å². The predicted octanol–water partition coefficient (Wildman–Crippen LogP) is 4.04. The Morgan fingerprint density at radius 1 is 0.846 bits per heavy atom. The summed E-state index contributed by atoms with van der Waals surface area (Å²) in [4.78, 5) is 12.9. The monoisotopic (exact) mass is 342 g/mol. The third-order valence-electron chi connectivity index (χ3n) is 4.20. The number of carbonyl (C=O) groups is 1. The standard InChI is InChI=1S/C21H18N4O/c1-15-13-16(2)24(22-15)21(26)19-14-20(17-9-5-3-6-10-17)25(23-19)18-11-7-4-8-12-18/h3-14H,1-2H3. The molecule has 0 radical (unpaired) electrons. The maximum absolute atomic E-state index is 12.9. The molecule has 0 saturated heterocycles. The van der Waals surface area contributed by atoms with Crippen molar-refractivity contribution in [2.45, 2.75) is 13.8 Å². The third-order valence-corrected chi connectivity index (χ3v) is 4.20. The van der Waals surface area contributed by atoms with E-state index in [1.54, 1.807) is 4.68 Å². The van der Waals surface area contributed by atoms with E-state index in [0.29, 0.717) is 5.69 Å². The van der Waals surface area contributed by atoms with Gasteiger partial charge in [-0.2, -0.15) is 14.9 Å². The molecule has 0 aliphatic rings. The van der Waals surface area contributed by atoms with Gasteiger partial charge in [-0.05, 0) is 38.1 Å². The molecule has 0 aliphatic carbocycles. The van der Waals surface area contributed by atoms with Gasteiger partial charge in [0, 0.05) is 11.3 Å². The number of hydrogen-bond acceptors (Lipinski definition) is 3. The lowest BCUT2D eigenvalue weighted by Crippen LogP contribution is -2.16. The maximum Gasteiger partial charge on any atom is 0.298 e. The fourth-order valence-electron chi connectivity index (χ4n) is 3.01. The van der Waals surface area contributed by atoms with E-state index < -0.39 is 0 Å². The molecule has 128 valence electrons. The van der Waals surface area contributed by atoms with Gasteiger partial charge < -0.3 is 0 Å². The second kappa shape index (κ2) is 6.44. The molecule has 0 amide bonds. The highest BCUT2D eigenvalue weighted by atomic mass is 16.2. The van der Waals surface area contributed by atoms with Crippen molar-refractivity contribution in [3.8, 4) is 16.9 Å². The van der Waals surface area contributed by atoms with E-state index in [-0.39, 0.29) is 5.91 Å². The predicted molar refractivity (Wildman–Crippen MR) is 100 cm³/mol. The minimum Gasteiger partial charge on any atom is -0.265 e. The Bertz CT molecular complexity index is 1010. The molecule has 5 nitrogen and oxygen atoms in total. The van der Waals surface area contributed by atoms with Crippen molar-refractivity contribution in [1.82, 2.24) is 19.6 Å². The Balaban J connectivity index is 1.86. The van der Waals surface area contributed by atoms with Crippen LogP contribution in [0, 0.1) is 13.8 Å². The van der Waals surface area contributed by atoms with Crippen molar-refractivity contribution < 1.29 is 4.79 Å². The largest absolute Gasteiger partial charge is 0.298 e. The SMILES string of the molecule is Cc1cc(C)n(C(=O)c2cc(-c3ccccc3)n(-c3ccccc3)n2)n1. The Morgan fingerprint density at radius 2 is 1.50 bits per heavy atom. The lowest BCUT2D eigenvalue weighted by Gasteiger charge is -2.07. The van der Waals surface area contributed by atoms with Crippen LogP contribution in [0.4, 0.5) is 0 Å². The van der Waals surface area contributed by atoms with Crippen molar-refractivity contribution in [3.63, 3.8) is 0 Å². The van der Waals surface area contributed by atoms with Gasteiger partial charge in [-0.15, -0.1) is 0 Å². The van der Waals surface area contributed by atoms with Gasteiger partial charge in [-0.25, -0.2) is 4.68 Å². The van der Waals surface area contributed by atoms with Crippen LogP contribution in [0.5, 0.6) is 0 Å². The van der Waals surface area contributed by atoms with Gasteiger partial charge in [0.25, 0.3) is 5.91 Å². The Hall–Kier alpha value is -3.47. The molecule has 5 heteroatoms. The minimum absolute atomic E-state index is 0.234. The van der Waals surface area contributed by atoms with Crippen LogP contribution in [0.3, 0.4) is 0 Å². The van der Waals surface area contributed by atoms with Crippen LogP contribution in [0.25, 0.3) is 16.9 Å². The molecule has 2 aromatic carbocycles. The summed E-state index contributed by atoms with van der Waals surface area (Å²) in [5.74, 6) is -0.234. The first-order chi connectivity index (χ1) is 12.6. The zero-order chi connectivity index (χ0) is 18.1. The third kappa shape index (κ3) is 2.84. The highest BCUT2D eigenvalue weighted by Gasteiger charge is 2.20. The van der Waals surface area contributed by atoms with E-state index in [0.717, 1.165) is 28.3 Å². The first kappa shape index (κ1) is 16.0. The minimum atomic E-state index is -0.234. The summed E-state index contributed by atoms with van der Waals surface area (Å²) >= 11 is 0. The number of para-hydroxylation sites is 1. The summed E-state index contributed by atoms with van der Waals surface area (Å²) in [6, 6.07) is 23.4. The van der Waals surface area contributed by atoms with Gasteiger partial charge in [0.15, 0.2) is 5.69 Å². The topological polar surface area (TPSA) is 52.7 Å². The van der Waals surface area contributed by atoms with Crippen LogP contribution in [-0.2, 0) is 0 Å². The van der Waals surface area contributed by atoms with E-state index in [2.05, 4.69) is 10.2 Å². The number of nitrogens with zero attached hydrogens (tertiary/aromatic N) is 4. The molecule has 0 N–H and O–H groups in total. The summed E-state index contributed by atoms with van der Waals surface area (Å²) in [6.45, 7) is 3.74. The van der Waals surface area contributed by atoms with Crippen molar-refractivity contribution in [2.24, 2.45) is 0 Å². The Morgan fingerprint density at radius 3 is 2.12 bits per heavy atom. The summed E-state index contributed by atoms with van der Waals surface area (Å²) in [5.41, 5.74) is 4.72. The molecule has 2 heterocycles. The van der Waals surface area contributed by atoms with Crippen LogP contribution in [0.2, 0.25) is 0 Å². The van der Waals surface area contributed by atoms with Crippen LogP contribution >= 0.6 is 0 Å². The van der Waals surface area contributed by atoms with Crippen molar-refractivity contribution >= 4 is 5.91 Å². The summed E-state index contributed by atoms with van der Waals surface area (Å²) in [5, 5.41) is 8.88. The molecule has 0 fully saturated rings. The normalized spacial score (nSPS) is 10.8. The van der Waals surface area contributed by atoms with E-state index >= 15 is 0 Å². The molecular formula is C21H18N4O. The quantitative estimate of drug-likeness (QED) is 0.564. The number of aryl methyl sites for hydroxylation is 2. The van der Waals surface area contributed by atoms with Crippen LogP contribution in [-0.4, -0.2) is 25.5 Å². The molecule has 0 atom stereocenters. The first-order valence-electron chi connectivity index (χ1n) is 8.42. The molecule has 0 saturated carbocycles. The van der Waals surface area contributed by atoms with Crippen LogP contribution in [0.1, 0.15) is 21.9 Å². The van der Waals surface area contributed by atoms with Crippen LogP contribution in [0.15, 0.2) is 72.8 Å². The number of rotatable bonds is 3. The molecule has 4 rings (SSSR count). The zero-order valence-corrected chi connectivity index (χ0v) is 14.6. The highest BCUT2D eigenvalue weighted by molar-refractivity contribution is 5.95. The van der Waals surface area contributed by atoms with E-state index in [1.165, 1.54) is 4.68 Å². The maximum atomic E-state index is 12.9. The van der Waals surface area contributed by atoms with Crippen LogP contribution < -0.4 is 0 Å². The molecule has 0 aliphatic heterocycles. The Kier molecular flexibility index (Phi) is 3.97. The summed E-state index contributed by atoms with van der Waals surface area (Å²) in [7, 11) is 0. The second-order valence-corrected chi connectivity index (χ2v) is 6.17. The molecule has 26 heavy (non-hydrogen) atoms. The highest BCUT2D eigenvalue weighted by Crippen LogP contribution is 2.24. The lowest BCUT2D eigenvalue weighted by molar-refractivity contribution is 0.0937. The number of hydrogen-bond donors (Lipinski definition) is 0. The molecule has 0 unspecified atom stereocenters. The lowest BCUT2D eigenvalue weighted by atomic mass is 10.1. The van der Waals surface area contributed by atoms with E-state index in [1.807, 2.05) is 86.6 Å². The number of benzene rings is 2.